The van der Waals surface area contributed by atoms with E-state index in [4.69, 9.17) is 10.8 Å². The molecule has 0 aliphatic heterocycles. The molecule has 13 nitrogen and oxygen atoms in total. The van der Waals surface area contributed by atoms with Gasteiger partial charge in [0.2, 0.25) is 17.7 Å². The van der Waals surface area contributed by atoms with Crippen molar-refractivity contribution in [2.45, 2.75) is 57.3 Å². The van der Waals surface area contributed by atoms with Crippen LogP contribution in [0.4, 0.5) is 0 Å². The topological polar surface area (TPSA) is 217 Å². The molecule has 0 spiro atoms. The van der Waals surface area contributed by atoms with Crippen LogP contribution >= 0.6 is 12.6 Å². The van der Waals surface area contributed by atoms with E-state index in [9.17, 15) is 29.1 Å². The third-order valence-corrected chi connectivity index (χ3v) is 5.30. The molecule has 3 amide bonds. The van der Waals surface area contributed by atoms with Crippen LogP contribution in [0.15, 0.2) is 12.5 Å². The minimum absolute atomic E-state index is 0.128. The molecule has 1 rings (SSSR count). The summed E-state index contributed by atoms with van der Waals surface area (Å²) in [5.74, 6) is -5.79. The summed E-state index contributed by atoms with van der Waals surface area (Å²) in [4.78, 5) is 66.8. The Hall–Kier alpha value is -3.13. The molecule has 0 bridgehead atoms. The molecule has 0 aliphatic carbocycles. The smallest absolute Gasteiger partial charge is 0.326 e. The molecule has 0 radical (unpaired) electrons. The van der Waals surface area contributed by atoms with Gasteiger partial charge in [0.05, 0.1) is 18.8 Å². The van der Waals surface area contributed by atoms with E-state index in [1.165, 1.54) is 12.5 Å². The predicted octanol–water partition coefficient (Wildman–Crippen LogP) is -1.73. The molecule has 0 aliphatic rings. The van der Waals surface area contributed by atoms with E-state index in [1.54, 1.807) is 13.8 Å². The summed E-state index contributed by atoms with van der Waals surface area (Å²) in [5.41, 5.74) is 6.45. The number of nitrogens with two attached hydrogens (primary N) is 1. The van der Waals surface area contributed by atoms with Gasteiger partial charge < -0.3 is 36.9 Å². The first-order chi connectivity index (χ1) is 15.5. The number of carbonyl (C=O) groups is 5. The number of carbonyl (C=O) groups excluding carboxylic acids is 3. The number of amides is 3. The van der Waals surface area contributed by atoms with E-state index < -0.39 is 66.2 Å². The van der Waals surface area contributed by atoms with Crippen LogP contribution in [0, 0.1) is 5.92 Å². The first-order valence-corrected chi connectivity index (χ1v) is 10.8. The minimum Gasteiger partial charge on any atom is -0.481 e. The average Bonchev–Trinajstić information content (AvgIpc) is 3.26. The Morgan fingerprint density at radius 3 is 2.18 bits per heavy atom. The van der Waals surface area contributed by atoms with E-state index in [-0.39, 0.29) is 12.2 Å². The van der Waals surface area contributed by atoms with Gasteiger partial charge in [-0.05, 0) is 5.92 Å². The van der Waals surface area contributed by atoms with Gasteiger partial charge in [0.25, 0.3) is 0 Å². The van der Waals surface area contributed by atoms with Crippen LogP contribution in [-0.2, 0) is 30.4 Å². The maximum absolute atomic E-state index is 12.6. The summed E-state index contributed by atoms with van der Waals surface area (Å²) in [6.07, 6.45) is 2.70. The number of imidazole rings is 1. The van der Waals surface area contributed by atoms with Gasteiger partial charge in [-0.15, -0.1) is 0 Å². The molecule has 5 atom stereocenters. The highest BCUT2D eigenvalue weighted by Gasteiger charge is 2.32. The molecule has 1 aromatic heterocycles. The minimum atomic E-state index is -1.57. The van der Waals surface area contributed by atoms with Gasteiger partial charge >= 0.3 is 11.9 Å². The molecule has 8 N–H and O–H groups in total. The highest BCUT2D eigenvalue weighted by atomic mass is 32.1. The van der Waals surface area contributed by atoms with Crippen LogP contribution in [0.3, 0.4) is 0 Å². The number of rotatable bonds is 14. The third-order valence-electron chi connectivity index (χ3n) is 4.94. The zero-order valence-electron chi connectivity index (χ0n) is 18.3. The molecule has 5 unspecified atom stereocenters. The van der Waals surface area contributed by atoms with E-state index in [1.807, 2.05) is 0 Å². The number of carboxylic acids is 2. The number of aromatic nitrogens is 2. The molecule has 14 heteroatoms. The summed E-state index contributed by atoms with van der Waals surface area (Å²) in [5, 5.41) is 25.4. The summed E-state index contributed by atoms with van der Waals surface area (Å²) >= 11 is 4.03. The summed E-state index contributed by atoms with van der Waals surface area (Å²) in [6, 6.07) is -5.07. The van der Waals surface area contributed by atoms with Crippen LogP contribution in [-0.4, -0.2) is 79.8 Å². The monoisotopic (exact) mass is 486 g/mol. The summed E-state index contributed by atoms with van der Waals surface area (Å²) < 4.78 is 0. The highest BCUT2D eigenvalue weighted by Crippen LogP contribution is 2.09. The predicted molar refractivity (Wildman–Crippen MR) is 119 cm³/mol. The van der Waals surface area contributed by atoms with E-state index in [0.717, 1.165) is 0 Å². The maximum atomic E-state index is 12.6. The third kappa shape index (κ3) is 9.10. The van der Waals surface area contributed by atoms with Crippen molar-refractivity contribution in [2.75, 3.05) is 5.75 Å². The molecule has 0 saturated carbocycles. The fourth-order valence-electron chi connectivity index (χ4n) is 2.79. The van der Waals surface area contributed by atoms with E-state index in [2.05, 4.69) is 38.5 Å². The van der Waals surface area contributed by atoms with Crippen molar-refractivity contribution in [3.8, 4) is 0 Å². The molecule has 1 aromatic rings. The fourth-order valence-corrected chi connectivity index (χ4v) is 3.05. The van der Waals surface area contributed by atoms with Crippen molar-refractivity contribution in [2.24, 2.45) is 11.7 Å². The Bertz CT molecular complexity index is 835. The van der Waals surface area contributed by atoms with Gasteiger partial charge in [-0.2, -0.15) is 12.6 Å². The Kier molecular flexibility index (Phi) is 11.4. The summed E-state index contributed by atoms with van der Waals surface area (Å²) in [7, 11) is 0. The normalized spacial score (nSPS) is 15.4. The Morgan fingerprint density at radius 1 is 1.09 bits per heavy atom. The molecule has 0 aromatic carbocycles. The first-order valence-electron chi connectivity index (χ1n) is 10.2. The first kappa shape index (κ1) is 27.9. The molecule has 184 valence electrons. The molecular weight excluding hydrogens is 456 g/mol. The molecule has 1 heterocycles. The number of aliphatic carboxylic acids is 2. The number of aromatic amines is 1. The zero-order chi connectivity index (χ0) is 25.1. The number of hydrogen-bond acceptors (Lipinski definition) is 8. The Balaban J connectivity index is 2.85. The number of hydrogen-bond donors (Lipinski definition) is 8. The molecular formula is C19H30N6O7S. The molecule has 0 saturated heterocycles. The second-order valence-electron chi connectivity index (χ2n) is 7.50. The van der Waals surface area contributed by atoms with Crippen molar-refractivity contribution in [3.63, 3.8) is 0 Å². The van der Waals surface area contributed by atoms with Crippen LogP contribution in [0.25, 0.3) is 0 Å². The van der Waals surface area contributed by atoms with Crippen LogP contribution in [0.2, 0.25) is 0 Å². The molecule has 33 heavy (non-hydrogen) atoms. The second-order valence-corrected chi connectivity index (χ2v) is 7.87. The average molecular weight is 487 g/mol. The van der Waals surface area contributed by atoms with Gasteiger partial charge in [-0.3, -0.25) is 19.2 Å². The summed E-state index contributed by atoms with van der Waals surface area (Å²) in [6.45, 7) is 3.35. The van der Waals surface area contributed by atoms with E-state index in [0.29, 0.717) is 12.1 Å². The Morgan fingerprint density at radius 2 is 1.70 bits per heavy atom. The SMILES string of the molecule is CCC(C)C(NC(=O)C(CC(=O)O)NC(=O)C(CS)NC(=O)C(N)Cc1cnc[nH]1)C(=O)O. The van der Waals surface area contributed by atoms with Gasteiger partial charge in [-0.25, -0.2) is 9.78 Å². The van der Waals surface area contributed by atoms with Crippen LogP contribution < -0.4 is 21.7 Å². The zero-order valence-corrected chi connectivity index (χ0v) is 19.2. The lowest BCUT2D eigenvalue weighted by Crippen LogP contribution is -2.58. The number of thiol groups is 1. The number of nitrogens with one attached hydrogen (secondary N) is 4. The Labute approximate surface area is 195 Å². The van der Waals surface area contributed by atoms with Crippen molar-refractivity contribution in [1.29, 1.82) is 0 Å². The largest absolute Gasteiger partial charge is 0.481 e. The lowest BCUT2D eigenvalue weighted by molar-refractivity contribution is -0.144. The van der Waals surface area contributed by atoms with Crippen molar-refractivity contribution in [1.82, 2.24) is 25.9 Å². The van der Waals surface area contributed by atoms with Crippen molar-refractivity contribution >= 4 is 42.3 Å². The number of carboxylic acid groups (broad SMARTS) is 2. The lowest BCUT2D eigenvalue weighted by Gasteiger charge is -2.25. The number of nitrogens with zero attached hydrogens (tertiary/aromatic N) is 1. The standard InChI is InChI=1S/C19H30N6O7S/c1-3-9(2)15(19(31)32)25-17(29)12(5-14(26)27)23-18(30)13(7-33)24-16(28)11(20)4-10-6-21-8-22-10/h6,8-9,11-13,15,33H,3-5,7,20H2,1-2H3,(H,21,22)(H,23,30)(H,24,28)(H,25,29)(H,26,27)(H,31,32). The second kappa shape index (κ2) is 13.4. The maximum Gasteiger partial charge on any atom is 0.326 e. The highest BCUT2D eigenvalue weighted by molar-refractivity contribution is 7.80. The van der Waals surface area contributed by atoms with Gasteiger partial charge in [0, 0.05) is 24.1 Å². The van der Waals surface area contributed by atoms with Gasteiger partial charge in [0.1, 0.15) is 18.1 Å². The van der Waals surface area contributed by atoms with Gasteiger partial charge in [-0.1, -0.05) is 20.3 Å². The van der Waals surface area contributed by atoms with Gasteiger partial charge in [0.15, 0.2) is 0 Å². The number of H-pyrrole nitrogens is 1. The lowest BCUT2D eigenvalue weighted by atomic mass is 9.98. The van der Waals surface area contributed by atoms with E-state index >= 15 is 0 Å². The van der Waals surface area contributed by atoms with Crippen LogP contribution in [0.5, 0.6) is 0 Å². The quantitative estimate of drug-likeness (QED) is 0.140. The van der Waals surface area contributed by atoms with Crippen molar-refractivity contribution in [3.05, 3.63) is 18.2 Å². The van der Waals surface area contributed by atoms with Crippen molar-refractivity contribution < 1.29 is 34.2 Å². The molecule has 0 fully saturated rings. The fraction of sp³-hybridized carbons (Fsp3) is 0.579. The van der Waals surface area contributed by atoms with Crippen LogP contribution in [0.1, 0.15) is 32.4 Å².